The SMILES string of the molecule is CCN1CC(c2ccc(-c3ccc(-c4cc(OC)c5nn(C)cc5n4)cc3-c3ccccc3O)nn2)C1. The second kappa shape index (κ2) is 9.29. The van der Waals surface area contributed by atoms with Crippen LogP contribution in [0.25, 0.3) is 44.7 Å². The molecule has 37 heavy (non-hydrogen) atoms. The highest BCUT2D eigenvalue weighted by molar-refractivity contribution is 5.89. The van der Waals surface area contributed by atoms with Crippen LogP contribution in [-0.4, -0.2) is 61.7 Å². The predicted octanol–water partition coefficient (Wildman–Crippen LogP) is 4.89. The number of aromatic nitrogens is 5. The van der Waals surface area contributed by atoms with E-state index in [1.165, 1.54) is 0 Å². The molecule has 0 atom stereocenters. The number of rotatable bonds is 6. The summed E-state index contributed by atoms with van der Waals surface area (Å²) >= 11 is 0. The lowest BCUT2D eigenvalue weighted by atomic mass is 9.92. The maximum absolute atomic E-state index is 10.7. The predicted molar refractivity (Wildman–Crippen MR) is 143 cm³/mol. The van der Waals surface area contributed by atoms with Crippen LogP contribution in [-0.2, 0) is 7.05 Å². The number of benzene rings is 2. The van der Waals surface area contributed by atoms with Gasteiger partial charge in [0.15, 0.2) is 11.3 Å². The maximum Gasteiger partial charge on any atom is 0.153 e. The molecule has 3 aromatic heterocycles. The number of hydrogen-bond donors (Lipinski definition) is 1. The highest BCUT2D eigenvalue weighted by Gasteiger charge is 2.28. The van der Waals surface area contributed by atoms with Crippen LogP contribution in [0.15, 0.2) is 66.9 Å². The number of methoxy groups -OCH3 is 1. The Morgan fingerprint density at radius 3 is 2.51 bits per heavy atom. The number of likely N-dealkylation sites (N-methyl/N-ethyl adjacent to an activating group) is 1. The molecule has 0 bridgehead atoms. The van der Waals surface area contributed by atoms with Crippen LogP contribution in [0.2, 0.25) is 0 Å². The number of ether oxygens (including phenoxy) is 1. The number of aromatic hydroxyl groups is 1. The summed E-state index contributed by atoms with van der Waals surface area (Å²) in [5.41, 5.74) is 7.37. The van der Waals surface area contributed by atoms with E-state index >= 15 is 0 Å². The quantitative estimate of drug-likeness (QED) is 0.361. The highest BCUT2D eigenvalue weighted by Crippen LogP contribution is 2.39. The van der Waals surface area contributed by atoms with E-state index in [-0.39, 0.29) is 5.75 Å². The molecule has 5 aromatic rings. The second-order valence-corrected chi connectivity index (χ2v) is 9.42. The first-order valence-corrected chi connectivity index (χ1v) is 12.4. The van der Waals surface area contributed by atoms with Crippen molar-refractivity contribution in [1.82, 2.24) is 29.9 Å². The third-order valence-electron chi connectivity index (χ3n) is 7.06. The van der Waals surface area contributed by atoms with Crippen LogP contribution in [0.4, 0.5) is 0 Å². The molecule has 0 amide bonds. The summed E-state index contributed by atoms with van der Waals surface area (Å²) in [6, 6.07) is 19.4. The minimum Gasteiger partial charge on any atom is -0.507 e. The van der Waals surface area contributed by atoms with Crippen LogP contribution < -0.4 is 4.74 Å². The molecule has 6 rings (SSSR count). The van der Waals surface area contributed by atoms with E-state index in [9.17, 15) is 5.11 Å². The average molecular weight is 493 g/mol. The lowest BCUT2D eigenvalue weighted by Crippen LogP contribution is -2.44. The van der Waals surface area contributed by atoms with Crippen LogP contribution in [0.5, 0.6) is 11.5 Å². The summed E-state index contributed by atoms with van der Waals surface area (Å²) in [7, 11) is 3.50. The molecule has 1 aliphatic rings. The van der Waals surface area contributed by atoms with Crippen molar-refractivity contribution >= 4 is 11.0 Å². The van der Waals surface area contributed by atoms with Gasteiger partial charge < -0.3 is 14.7 Å². The third-order valence-corrected chi connectivity index (χ3v) is 7.06. The Kier molecular flexibility index (Phi) is 5.81. The molecule has 1 aliphatic heterocycles. The Labute approximate surface area is 215 Å². The lowest BCUT2D eigenvalue weighted by molar-refractivity contribution is 0.154. The molecule has 1 saturated heterocycles. The average Bonchev–Trinajstić information content (AvgIpc) is 3.28. The van der Waals surface area contributed by atoms with Gasteiger partial charge in [-0.2, -0.15) is 15.3 Å². The van der Waals surface area contributed by atoms with E-state index in [0.29, 0.717) is 11.7 Å². The number of aryl methyl sites for hydroxylation is 1. The number of pyridine rings is 1. The Hall–Kier alpha value is -4.30. The minimum atomic E-state index is 0.202. The van der Waals surface area contributed by atoms with Gasteiger partial charge in [0, 0.05) is 48.8 Å². The fourth-order valence-electron chi connectivity index (χ4n) is 4.96. The van der Waals surface area contributed by atoms with Crippen molar-refractivity contribution in [2.75, 3.05) is 26.7 Å². The monoisotopic (exact) mass is 492 g/mol. The van der Waals surface area contributed by atoms with Gasteiger partial charge in [-0.15, -0.1) is 0 Å². The summed E-state index contributed by atoms with van der Waals surface area (Å²) in [6.45, 7) is 5.29. The number of phenolic OH excluding ortho intramolecular Hbond substituents is 1. The Balaban J connectivity index is 1.45. The first-order valence-electron chi connectivity index (χ1n) is 12.4. The van der Waals surface area contributed by atoms with Crippen LogP contribution in [0, 0.1) is 0 Å². The normalized spacial score (nSPS) is 14.1. The number of nitrogens with zero attached hydrogens (tertiary/aromatic N) is 6. The first kappa shape index (κ1) is 23.1. The zero-order chi connectivity index (χ0) is 25.5. The Morgan fingerprint density at radius 1 is 0.946 bits per heavy atom. The summed E-state index contributed by atoms with van der Waals surface area (Å²) in [4.78, 5) is 7.23. The van der Waals surface area contributed by atoms with Crippen molar-refractivity contribution in [2.24, 2.45) is 7.05 Å². The van der Waals surface area contributed by atoms with E-state index in [0.717, 1.165) is 70.0 Å². The van der Waals surface area contributed by atoms with Crippen molar-refractivity contribution in [2.45, 2.75) is 12.8 Å². The third kappa shape index (κ3) is 4.19. The number of para-hydroxylation sites is 1. The summed E-state index contributed by atoms with van der Waals surface area (Å²) in [6.07, 6.45) is 1.87. The van der Waals surface area contributed by atoms with Gasteiger partial charge in [0.25, 0.3) is 0 Å². The van der Waals surface area contributed by atoms with E-state index < -0.39 is 0 Å². The van der Waals surface area contributed by atoms with Gasteiger partial charge in [0.05, 0.1) is 30.4 Å². The van der Waals surface area contributed by atoms with Gasteiger partial charge in [-0.3, -0.25) is 4.68 Å². The molecule has 8 nitrogen and oxygen atoms in total. The Bertz CT molecular complexity index is 1590. The smallest absolute Gasteiger partial charge is 0.153 e. The fourth-order valence-corrected chi connectivity index (χ4v) is 4.96. The Morgan fingerprint density at radius 2 is 1.78 bits per heavy atom. The fraction of sp³-hybridized carbons (Fsp3) is 0.241. The zero-order valence-electron chi connectivity index (χ0n) is 21.1. The van der Waals surface area contributed by atoms with E-state index in [1.54, 1.807) is 17.9 Å². The molecule has 8 heteroatoms. The largest absolute Gasteiger partial charge is 0.507 e. The van der Waals surface area contributed by atoms with Crippen LogP contribution in [0.1, 0.15) is 18.5 Å². The summed E-state index contributed by atoms with van der Waals surface area (Å²) in [5, 5.41) is 24.4. The first-order chi connectivity index (χ1) is 18.0. The molecule has 2 aromatic carbocycles. The number of phenols is 1. The van der Waals surface area contributed by atoms with Crippen LogP contribution in [0.3, 0.4) is 0 Å². The molecule has 0 aliphatic carbocycles. The topological polar surface area (TPSA) is 89.2 Å². The molecule has 1 fully saturated rings. The molecule has 4 heterocycles. The van der Waals surface area contributed by atoms with Crippen LogP contribution >= 0.6 is 0 Å². The van der Waals surface area contributed by atoms with Gasteiger partial charge in [-0.25, -0.2) is 4.98 Å². The molecule has 0 saturated carbocycles. The van der Waals surface area contributed by atoms with E-state index in [2.05, 4.69) is 33.2 Å². The van der Waals surface area contributed by atoms with Gasteiger partial charge in [-0.1, -0.05) is 37.3 Å². The van der Waals surface area contributed by atoms with Gasteiger partial charge in [0.1, 0.15) is 11.3 Å². The number of likely N-dealkylation sites (tertiary alicyclic amines) is 1. The van der Waals surface area contributed by atoms with Gasteiger partial charge in [0.2, 0.25) is 0 Å². The zero-order valence-corrected chi connectivity index (χ0v) is 21.1. The van der Waals surface area contributed by atoms with Crippen molar-refractivity contribution in [1.29, 1.82) is 0 Å². The molecule has 0 unspecified atom stereocenters. The van der Waals surface area contributed by atoms with Gasteiger partial charge in [-0.05, 0) is 36.4 Å². The van der Waals surface area contributed by atoms with Gasteiger partial charge >= 0.3 is 0 Å². The molecule has 0 spiro atoms. The molecule has 186 valence electrons. The molecule has 0 radical (unpaired) electrons. The standard InChI is InChI=1S/C29H28N6O2/c1-4-35-15-19(16-35)23-11-12-24(32-31-23)20-10-9-18(13-22(20)21-7-5-6-8-27(21)36)25-14-28(37-3)29-26(30-25)17-34(2)33-29/h5-14,17,19,36H,4,15-16H2,1-3H3. The van der Waals surface area contributed by atoms with Crippen molar-refractivity contribution < 1.29 is 9.84 Å². The van der Waals surface area contributed by atoms with E-state index in [4.69, 9.17) is 9.72 Å². The summed E-state index contributed by atoms with van der Waals surface area (Å²) in [5.74, 6) is 1.30. The molecular weight excluding hydrogens is 464 g/mol. The number of fused-ring (bicyclic) bond motifs is 1. The highest BCUT2D eigenvalue weighted by atomic mass is 16.5. The summed E-state index contributed by atoms with van der Waals surface area (Å²) < 4.78 is 7.34. The molecular formula is C29H28N6O2. The molecule has 1 N–H and O–H groups in total. The second-order valence-electron chi connectivity index (χ2n) is 9.42. The number of hydrogen-bond acceptors (Lipinski definition) is 7. The van der Waals surface area contributed by atoms with Crippen molar-refractivity contribution in [3.8, 4) is 45.1 Å². The van der Waals surface area contributed by atoms with E-state index in [1.807, 2.05) is 61.8 Å². The maximum atomic E-state index is 10.7. The minimum absolute atomic E-state index is 0.202. The van der Waals surface area contributed by atoms with Crippen molar-refractivity contribution in [3.63, 3.8) is 0 Å². The van der Waals surface area contributed by atoms with Crippen molar-refractivity contribution in [3.05, 3.63) is 72.6 Å². The lowest BCUT2D eigenvalue weighted by Gasteiger charge is -2.37.